The van der Waals surface area contributed by atoms with Crippen molar-refractivity contribution in [3.63, 3.8) is 0 Å². The quantitative estimate of drug-likeness (QED) is 0.467. The lowest BCUT2D eigenvalue weighted by molar-refractivity contribution is -0.194. The Hall–Kier alpha value is -3.63. The molecule has 0 bridgehead atoms. The highest BCUT2D eigenvalue weighted by Gasteiger charge is 2.64. The molecule has 182 valence electrons. The van der Waals surface area contributed by atoms with Crippen LogP contribution in [0.5, 0.6) is 5.88 Å². The zero-order valence-corrected chi connectivity index (χ0v) is 19.2. The molecule has 1 aliphatic carbocycles. The molecule has 2 aromatic heterocycles. The van der Waals surface area contributed by atoms with E-state index in [-0.39, 0.29) is 45.7 Å². The molecule has 3 aromatic rings. The molecule has 2 heterocycles. The lowest BCUT2D eigenvalue weighted by Gasteiger charge is -2.18. The molecule has 4 rings (SSSR count). The number of nitriles is 1. The third-order valence-corrected chi connectivity index (χ3v) is 7.03. The van der Waals surface area contributed by atoms with Crippen LogP contribution >= 0.6 is 11.6 Å². The second kappa shape index (κ2) is 8.86. The van der Waals surface area contributed by atoms with Gasteiger partial charge >= 0.3 is 6.18 Å². The molecule has 0 aliphatic heterocycles. The number of alkyl halides is 3. The lowest BCUT2D eigenvalue weighted by atomic mass is 10.1. The van der Waals surface area contributed by atoms with Crippen LogP contribution in [0.25, 0.3) is 5.82 Å². The number of sulfonamides is 1. The molecule has 1 N–H and O–H groups in total. The van der Waals surface area contributed by atoms with Gasteiger partial charge in [0.1, 0.15) is 28.1 Å². The number of hydrogen-bond acceptors (Lipinski definition) is 7. The fourth-order valence-electron chi connectivity index (χ4n) is 3.13. The van der Waals surface area contributed by atoms with Crippen LogP contribution in [0.2, 0.25) is 5.15 Å². The summed E-state index contributed by atoms with van der Waals surface area (Å²) in [6, 6.07) is 10.9. The highest BCUT2D eigenvalue weighted by Crippen LogP contribution is 2.57. The fourth-order valence-corrected chi connectivity index (χ4v) is 4.49. The van der Waals surface area contributed by atoms with Gasteiger partial charge in [0.15, 0.2) is 5.82 Å². The van der Waals surface area contributed by atoms with E-state index in [4.69, 9.17) is 21.6 Å². The van der Waals surface area contributed by atoms with E-state index in [0.29, 0.717) is 0 Å². The molecule has 9 nitrogen and oxygen atoms in total. The molecule has 1 aromatic carbocycles. The molecule has 0 unspecified atom stereocenters. The molecular formula is C21H15ClF3N5O4S. The molecule has 0 saturated heterocycles. The van der Waals surface area contributed by atoms with Crippen molar-refractivity contribution in [2.75, 3.05) is 6.61 Å². The van der Waals surface area contributed by atoms with Gasteiger partial charge in [0, 0.05) is 12.3 Å². The van der Waals surface area contributed by atoms with E-state index in [2.05, 4.69) is 10.1 Å². The van der Waals surface area contributed by atoms with E-state index in [0.717, 1.165) is 0 Å². The van der Waals surface area contributed by atoms with Crippen molar-refractivity contribution in [3.05, 3.63) is 64.9 Å². The molecule has 35 heavy (non-hydrogen) atoms. The molecule has 14 heteroatoms. The Morgan fingerprint density at radius 1 is 1.23 bits per heavy atom. The molecule has 0 spiro atoms. The first-order valence-corrected chi connectivity index (χ1v) is 11.8. The first-order valence-electron chi connectivity index (χ1n) is 9.94. The number of ether oxygens (including phenoxy) is 1. The number of carbonyl (C=O) groups is 1. The first kappa shape index (κ1) is 24.5. The standard InChI is InChI=1S/C21H15ClF3N5O4S/c22-18-14(19(31)29-35(32,33)15-4-2-1-3-13(15)11-26)5-6-16(27-18)30-10-7-17(28-30)34-12-20(8-9-20)21(23,24)25/h1-7,10H,8-9,12H2,(H,29,31). The van der Waals surface area contributed by atoms with Gasteiger partial charge in [0.2, 0.25) is 5.88 Å². The topological polar surface area (TPSA) is 127 Å². The Morgan fingerprint density at radius 3 is 2.57 bits per heavy atom. The first-order chi connectivity index (χ1) is 16.5. The molecule has 1 saturated carbocycles. The van der Waals surface area contributed by atoms with Crippen LogP contribution in [0.4, 0.5) is 13.2 Å². The number of pyridine rings is 1. The van der Waals surface area contributed by atoms with Gasteiger partial charge in [-0.05, 0) is 37.1 Å². The van der Waals surface area contributed by atoms with Crippen molar-refractivity contribution in [1.29, 1.82) is 5.26 Å². The van der Waals surface area contributed by atoms with Crippen molar-refractivity contribution >= 4 is 27.5 Å². The minimum Gasteiger partial charge on any atom is -0.476 e. The number of rotatable bonds is 7. The minimum atomic E-state index is -4.37. The summed E-state index contributed by atoms with van der Waals surface area (Å²) in [4.78, 5) is 16.2. The second-order valence-electron chi connectivity index (χ2n) is 7.72. The van der Waals surface area contributed by atoms with Gasteiger partial charge in [-0.2, -0.15) is 18.4 Å². The van der Waals surface area contributed by atoms with Gasteiger partial charge < -0.3 is 4.74 Å². The Balaban J connectivity index is 1.47. The molecule has 1 amide bonds. The summed E-state index contributed by atoms with van der Waals surface area (Å²) in [5.41, 5.74) is -2.26. The van der Waals surface area contributed by atoms with Crippen molar-refractivity contribution in [3.8, 4) is 17.8 Å². The smallest absolute Gasteiger partial charge is 0.397 e. The summed E-state index contributed by atoms with van der Waals surface area (Å²) in [6.45, 7) is -0.551. The third kappa shape index (κ3) is 4.94. The van der Waals surface area contributed by atoms with Gasteiger partial charge in [-0.15, -0.1) is 5.10 Å². The van der Waals surface area contributed by atoms with Crippen molar-refractivity contribution < 1.29 is 31.1 Å². The van der Waals surface area contributed by atoms with Crippen LogP contribution in [-0.2, 0) is 10.0 Å². The fraction of sp³-hybridized carbons (Fsp3) is 0.238. The highest BCUT2D eigenvalue weighted by atomic mass is 35.5. The minimum absolute atomic E-state index is 0.00425. The van der Waals surface area contributed by atoms with E-state index >= 15 is 0 Å². The number of benzene rings is 1. The van der Waals surface area contributed by atoms with Crippen LogP contribution in [0.1, 0.15) is 28.8 Å². The number of nitrogens with one attached hydrogen (secondary N) is 1. The van der Waals surface area contributed by atoms with Crippen LogP contribution in [0, 0.1) is 16.7 Å². The highest BCUT2D eigenvalue weighted by molar-refractivity contribution is 7.90. The average Bonchev–Trinajstić information content (AvgIpc) is 3.47. The molecular weight excluding hydrogens is 511 g/mol. The van der Waals surface area contributed by atoms with Crippen LogP contribution < -0.4 is 9.46 Å². The van der Waals surface area contributed by atoms with Gasteiger partial charge in [-0.25, -0.2) is 22.8 Å². The SMILES string of the molecule is N#Cc1ccccc1S(=O)(=O)NC(=O)c1ccc(-n2ccc(OCC3(C(F)(F)F)CC3)n2)nc1Cl. The normalized spacial score (nSPS) is 14.7. The Bertz CT molecular complexity index is 1450. The summed E-state index contributed by atoms with van der Waals surface area (Å²) in [7, 11) is -4.37. The van der Waals surface area contributed by atoms with Crippen molar-refractivity contribution in [2.24, 2.45) is 5.41 Å². The van der Waals surface area contributed by atoms with Gasteiger partial charge in [-0.3, -0.25) is 4.79 Å². The number of hydrogen-bond donors (Lipinski definition) is 1. The number of nitrogens with zero attached hydrogens (tertiary/aromatic N) is 4. The zero-order chi connectivity index (χ0) is 25.4. The third-order valence-electron chi connectivity index (χ3n) is 5.35. The number of aromatic nitrogens is 3. The van der Waals surface area contributed by atoms with Crippen LogP contribution in [0.3, 0.4) is 0 Å². The molecule has 0 radical (unpaired) electrons. The maximum absolute atomic E-state index is 13.0. The predicted octanol–water partition coefficient (Wildman–Crippen LogP) is 3.63. The second-order valence-corrected chi connectivity index (χ2v) is 9.72. The maximum Gasteiger partial charge on any atom is 0.397 e. The monoisotopic (exact) mass is 525 g/mol. The van der Waals surface area contributed by atoms with Gasteiger partial charge in [-0.1, -0.05) is 23.7 Å². The van der Waals surface area contributed by atoms with E-state index < -0.39 is 34.1 Å². The summed E-state index contributed by atoms with van der Waals surface area (Å²) in [5, 5.41) is 12.8. The number of carbonyl (C=O) groups excluding carboxylic acids is 1. The van der Waals surface area contributed by atoms with Crippen molar-refractivity contribution in [1.82, 2.24) is 19.5 Å². The number of amides is 1. The molecule has 0 atom stereocenters. The van der Waals surface area contributed by atoms with E-state index in [9.17, 15) is 26.4 Å². The summed E-state index contributed by atoms with van der Waals surface area (Å²) < 4.78 is 72.4. The average molecular weight is 526 g/mol. The Kier molecular flexibility index (Phi) is 6.20. The summed E-state index contributed by atoms with van der Waals surface area (Å²) in [6.07, 6.45) is -2.99. The zero-order valence-electron chi connectivity index (χ0n) is 17.6. The van der Waals surface area contributed by atoms with Gasteiger partial charge in [0.25, 0.3) is 15.9 Å². The molecule has 1 fully saturated rings. The maximum atomic E-state index is 13.0. The van der Waals surface area contributed by atoms with E-state index in [1.807, 2.05) is 4.72 Å². The lowest BCUT2D eigenvalue weighted by Crippen LogP contribution is -2.31. The Morgan fingerprint density at radius 2 is 1.94 bits per heavy atom. The van der Waals surface area contributed by atoms with Crippen LogP contribution in [-0.4, -0.2) is 41.9 Å². The molecule has 1 aliphatic rings. The van der Waals surface area contributed by atoms with E-state index in [1.54, 1.807) is 6.07 Å². The number of halogens is 4. The van der Waals surface area contributed by atoms with Crippen LogP contribution in [0.15, 0.2) is 53.6 Å². The largest absolute Gasteiger partial charge is 0.476 e. The van der Waals surface area contributed by atoms with E-state index in [1.165, 1.54) is 53.3 Å². The predicted molar refractivity (Wildman–Crippen MR) is 115 cm³/mol. The summed E-state index contributed by atoms with van der Waals surface area (Å²) in [5.74, 6) is -1.02. The van der Waals surface area contributed by atoms with Crippen molar-refractivity contribution in [2.45, 2.75) is 23.9 Å². The van der Waals surface area contributed by atoms with Gasteiger partial charge in [0.05, 0.1) is 11.1 Å². The summed E-state index contributed by atoms with van der Waals surface area (Å²) >= 11 is 6.08. The Labute approximate surface area is 202 Å².